The fourth-order valence-corrected chi connectivity index (χ4v) is 1.97. The number of halogens is 1. The molecule has 5 nitrogen and oxygen atoms in total. The molecule has 1 saturated carbocycles. The lowest BCUT2D eigenvalue weighted by atomic mass is 10.2. The van der Waals surface area contributed by atoms with Crippen molar-refractivity contribution in [1.82, 2.24) is 10.1 Å². The molecule has 0 N–H and O–H groups in total. The maximum atomic E-state index is 10.9. The van der Waals surface area contributed by atoms with Crippen molar-refractivity contribution in [2.75, 3.05) is 0 Å². The SMILES string of the molecule is O=Cc1cccc(Cl)c1OCc1nc(C2CC2)no1. The standard InChI is InChI=1S/C13H11ClN2O3/c14-10-3-1-2-9(6-17)12(10)18-7-11-15-13(16-19-11)8-4-5-8/h1-3,6,8H,4-5,7H2. The van der Waals surface area contributed by atoms with Gasteiger partial charge in [-0.3, -0.25) is 4.79 Å². The summed E-state index contributed by atoms with van der Waals surface area (Å²) in [5, 5.41) is 4.27. The van der Waals surface area contributed by atoms with Gasteiger partial charge in [0.05, 0.1) is 10.6 Å². The van der Waals surface area contributed by atoms with Gasteiger partial charge in [-0.2, -0.15) is 4.98 Å². The summed E-state index contributed by atoms with van der Waals surface area (Å²) in [5.74, 6) is 1.89. The van der Waals surface area contributed by atoms with Gasteiger partial charge in [-0.05, 0) is 25.0 Å². The summed E-state index contributed by atoms with van der Waals surface area (Å²) in [4.78, 5) is 15.1. The van der Waals surface area contributed by atoms with Gasteiger partial charge in [-0.1, -0.05) is 22.8 Å². The van der Waals surface area contributed by atoms with Crippen molar-refractivity contribution in [3.8, 4) is 5.75 Å². The summed E-state index contributed by atoms with van der Waals surface area (Å²) in [5.41, 5.74) is 0.398. The number of hydrogen-bond donors (Lipinski definition) is 0. The fraction of sp³-hybridized carbons (Fsp3) is 0.308. The molecular weight excluding hydrogens is 268 g/mol. The normalized spacial score (nSPS) is 14.4. The summed E-state index contributed by atoms with van der Waals surface area (Å²) in [7, 11) is 0. The first kappa shape index (κ1) is 12.2. The van der Waals surface area contributed by atoms with Crippen LogP contribution in [0.3, 0.4) is 0 Å². The van der Waals surface area contributed by atoms with E-state index in [9.17, 15) is 4.79 Å². The Bertz CT molecular complexity index is 608. The van der Waals surface area contributed by atoms with Crippen molar-refractivity contribution in [1.29, 1.82) is 0 Å². The molecule has 0 saturated heterocycles. The summed E-state index contributed by atoms with van der Waals surface area (Å²) >= 11 is 5.99. The Balaban J connectivity index is 1.72. The van der Waals surface area contributed by atoms with Crippen LogP contribution in [0.4, 0.5) is 0 Å². The average Bonchev–Trinajstić information content (AvgIpc) is 3.17. The molecule has 1 aromatic heterocycles. The van der Waals surface area contributed by atoms with Crippen LogP contribution in [0.5, 0.6) is 5.75 Å². The highest BCUT2D eigenvalue weighted by molar-refractivity contribution is 6.32. The smallest absolute Gasteiger partial charge is 0.264 e. The molecule has 2 aromatic rings. The Morgan fingerprint density at radius 1 is 1.47 bits per heavy atom. The molecule has 0 radical (unpaired) electrons. The predicted octanol–water partition coefficient (Wildman–Crippen LogP) is 2.99. The van der Waals surface area contributed by atoms with E-state index in [1.54, 1.807) is 18.2 Å². The molecule has 3 rings (SSSR count). The molecule has 0 unspecified atom stereocenters. The van der Waals surface area contributed by atoms with E-state index in [1.807, 2.05) is 0 Å². The van der Waals surface area contributed by atoms with E-state index >= 15 is 0 Å². The molecule has 1 aliphatic rings. The Hall–Kier alpha value is -1.88. The Labute approximate surface area is 114 Å². The van der Waals surface area contributed by atoms with Crippen molar-refractivity contribution < 1.29 is 14.1 Å². The zero-order chi connectivity index (χ0) is 13.2. The van der Waals surface area contributed by atoms with Crippen LogP contribution in [-0.2, 0) is 6.61 Å². The molecule has 0 aliphatic heterocycles. The van der Waals surface area contributed by atoms with Gasteiger partial charge in [0.2, 0.25) is 0 Å². The van der Waals surface area contributed by atoms with E-state index in [0.29, 0.717) is 34.4 Å². The third-order valence-corrected chi connectivity index (χ3v) is 3.19. The molecular formula is C13H11ClN2O3. The van der Waals surface area contributed by atoms with Crippen molar-refractivity contribution >= 4 is 17.9 Å². The number of ether oxygens (including phenoxy) is 1. The zero-order valence-electron chi connectivity index (χ0n) is 10.0. The van der Waals surface area contributed by atoms with Crippen LogP contribution in [0.15, 0.2) is 22.7 Å². The lowest BCUT2D eigenvalue weighted by Gasteiger charge is -2.07. The molecule has 1 heterocycles. The maximum Gasteiger partial charge on any atom is 0.264 e. The highest BCUT2D eigenvalue weighted by Gasteiger charge is 2.28. The molecule has 1 aliphatic carbocycles. The van der Waals surface area contributed by atoms with Gasteiger partial charge in [-0.25, -0.2) is 0 Å². The first-order valence-electron chi connectivity index (χ1n) is 5.97. The Kier molecular flexibility index (Phi) is 3.21. The highest BCUT2D eigenvalue weighted by Crippen LogP contribution is 2.38. The van der Waals surface area contributed by atoms with E-state index in [1.165, 1.54) is 0 Å². The summed E-state index contributed by atoms with van der Waals surface area (Å²) in [6, 6.07) is 4.99. The van der Waals surface area contributed by atoms with Gasteiger partial charge in [0.1, 0.15) is 5.75 Å². The molecule has 0 bridgehead atoms. The molecule has 6 heteroatoms. The van der Waals surface area contributed by atoms with Gasteiger partial charge < -0.3 is 9.26 Å². The van der Waals surface area contributed by atoms with Crippen LogP contribution in [-0.4, -0.2) is 16.4 Å². The Morgan fingerprint density at radius 3 is 3.05 bits per heavy atom. The van der Waals surface area contributed by atoms with Gasteiger partial charge >= 0.3 is 0 Å². The molecule has 98 valence electrons. The zero-order valence-corrected chi connectivity index (χ0v) is 10.8. The summed E-state index contributed by atoms with van der Waals surface area (Å²) < 4.78 is 10.6. The number of nitrogens with zero attached hydrogens (tertiary/aromatic N) is 2. The minimum absolute atomic E-state index is 0.101. The highest BCUT2D eigenvalue weighted by atomic mass is 35.5. The van der Waals surface area contributed by atoms with Crippen LogP contribution in [0, 0.1) is 0 Å². The average molecular weight is 279 g/mol. The number of rotatable bonds is 5. The fourth-order valence-electron chi connectivity index (χ4n) is 1.74. The van der Waals surface area contributed by atoms with Gasteiger partial charge in [0.25, 0.3) is 5.89 Å². The lowest BCUT2D eigenvalue weighted by molar-refractivity contribution is 0.111. The number of aromatic nitrogens is 2. The molecule has 19 heavy (non-hydrogen) atoms. The number of benzene rings is 1. The topological polar surface area (TPSA) is 65.2 Å². The monoisotopic (exact) mass is 278 g/mol. The van der Waals surface area contributed by atoms with E-state index in [0.717, 1.165) is 18.7 Å². The molecule has 0 amide bonds. The maximum absolute atomic E-state index is 10.9. The van der Waals surface area contributed by atoms with Crippen LogP contribution in [0.2, 0.25) is 5.02 Å². The number of para-hydroxylation sites is 1. The van der Waals surface area contributed by atoms with Crippen molar-refractivity contribution in [2.24, 2.45) is 0 Å². The third kappa shape index (κ3) is 2.61. The molecule has 1 fully saturated rings. The van der Waals surface area contributed by atoms with Gasteiger partial charge in [0.15, 0.2) is 18.7 Å². The summed E-state index contributed by atoms with van der Waals surface area (Å²) in [6.45, 7) is 0.101. The molecule has 0 atom stereocenters. The second-order valence-electron chi connectivity index (χ2n) is 4.39. The van der Waals surface area contributed by atoms with Crippen molar-refractivity contribution in [3.05, 3.63) is 40.5 Å². The van der Waals surface area contributed by atoms with E-state index in [-0.39, 0.29) is 6.61 Å². The van der Waals surface area contributed by atoms with E-state index < -0.39 is 0 Å². The van der Waals surface area contributed by atoms with Gasteiger partial charge in [-0.15, -0.1) is 0 Å². The van der Waals surface area contributed by atoms with Crippen LogP contribution < -0.4 is 4.74 Å². The second kappa shape index (κ2) is 5.01. The van der Waals surface area contributed by atoms with Crippen LogP contribution in [0.1, 0.15) is 40.8 Å². The van der Waals surface area contributed by atoms with E-state index in [4.69, 9.17) is 20.9 Å². The summed E-state index contributed by atoms with van der Waals surface area (Å²) in [6.07, 6.45) is 2.92. The number of aldehydes is 1. The first-order chi connectivity index (χ1) is 9.28. The van der Waals surface area contributed by atoms with Gasteiger partial charge in [0, 0.05) is 5.92 Å². The first-order valence-corrected chi connectivity index (χ1v) is 6.34. The third-order valence-electron chi connectivity index (χ3n) is 2.89. The molecule has 1 aromatic carbocycles. The second-order valence-corrected chi connectivity index (χ2v) is 4.79. The predicted molar refractivity (Wildman–Crippen MR) is 67.4 cm³/mol. The largest absolute Gasteiger partial charge is 0.481 e. The quantitative estimate of drug-likeness (QED) is 0.787. The number of carbonyl (C=O) groups excluding carboxylic acids is 1. The lowest BCUT2D eigenvalue weighted by Crippen LogP contribution is -1.99. The Morgan fingerprint density at radius 2 is 2.32 bits per heavy atom. The minimum Gasteiger partial charge on any atom is -0.481 e. The van der Waals surface area contributed by atoms with Crippen molar-refractivity contribution in [3.63, 3.8) is 0 Å². The van der Waals surface area contributed by atoms with Crippen molar-refractivity contribution in [2.45, 2.75) is 25.4 Å². The van der Waals surface area contributed by atoms with E-state index in [2.05, 4.69) is 10.1 Å². The minimum atomic E-state index is 0.101. The molecule has 0 spiro atoms. The van der Waals surface area contributed by atoms with Crippen LogP contribution in [0.25, 0.3) is 0 Å². The van der Waals surface area contributed by atoms with Crippen LogP contribution >= 0.6 is 11.6 Å². The number of hydrogen-bond acceptors (Lipinski definition) is 5. The number of carbonyl (C=O) groups is 1.